The Kier molecular flexibility index (Phi) is 3.82. The lowest BCUT2D eigenvalue weighted by Crippen LogP contribution is -2.24. The van der Waals surface area contributed by atoms with Crippen molar-refractivity contribution in [2.24, 2.45) is 5.92 Å². The van der Waals surface area contributed by atoms with Crippen molar-refractivity contribution in [1.29, 1.82) is 5.26 Å². The summed E-state index contributed by atoms with van der Waals surface area (Å²) in [5.74, 6) is 0.234. The molecule has 0 fully saturated rings. The maximum absolute atomic E-state index is 10.6. The van der Waals surface area contributed by atoms with Crippen LogP contribution in [0.25, 0.3) is 0 Å². The van der Waals surface area contributed by atoms with Gasteiger partial charge in [0.25, 0.3) is 0 Å². The molecule has 17 heavy (non-hydrogen) atoms. The van der Waals surface area contributed by atoms with Crippen LogP contribution >= 0.6 is 0 Å². The topological polar surface area (TPSA) is 109 Å². The third-order valence-electron chi connectivity index (χ3n) is 2.24. The average Bonchev–Trinajstić information content (AvgIpc) is 2.28. The van der Waals surface area contributed by atoms with Gasteiger partial charge in [0.15, 0.2) is 0 Å². The first-order valence-electron chi connectivity index (χ1n) is 4.97. The third-order valence-corrected chi connectivity index (χ3v) is 2.24. The molecule has 1 heterocycles. The molecule has 1 atom stereocenters. The summed E-state index contributed by atoms with van der Waals surface area (Å²) in [7, 11) is 1.75. The van der Waals surface area contributed by atoms with E-state index in [-0.39, 0.29) is 17.4 Å². The van der Waals surface area contributed by atoms with Gasteiger partial charge in [-0.2, -0.15) is 5.26 Å². The van der Waals surface area contributed by atoms with Crippen LogP contribution in [0.1, 0.15) is 6.92 Å². The molecular formula is C10H13N5O2. The Bertz CT molecular complexity index is 468. The van der Waals surface area contributed by atoms with E-state index in [4.69, 9.17) is 11.0 Å². The van der Waals surface area contributed by atoms with Crippen molar-refractivity contribution in [1.82, 2.24) is 4.98 Å². The second kappa shape index (κ2) is 5.12. The summed E-state index contributed by atoms with van der Waals surface area (Å²) >= 11 is 0. The zero-order valence-corrected chi connectivity index (χ0v) is 9.62. The summed E-state index contributed by atoms with van der Waals surface area (Å²) in [6.45, 7) is 2.27. The standard InChI is InChI=1S/C10H13N5O2/c1-7(5-11)6-14(2)9-4-3-8(15(16)17)10(12)13-9/h3-4,7H,6H2,1-2H3,(H2,12,13). The normalized spacial score (nSPS) is 11.6. The number of nitrogens with two attached hydrogens (primary N) is 1. The van der Waals surface area contributed by atoms with E-state index < -0.39 is 4.92 Å². The minimum absolute atomic E-state index is 0.121. The number of aromatic nitrogens is 1. The van der Waals surface area contributed by atoms with Crippen molar-refractivity contribution >= 4 is 17.3 Å². The molecule has 0 aliphatic rings. The lowest BCUT2D eigenvalue weighted by atomic mass is 10.2. The van der Waals surface area contributed by atoms with E-state index in [1.807, 2.05) is 0 Å². The van der Waals surface area contributed by atoms with Gasteiger partial charge in [-0.3, -0.25) is 10.1 Å². The summed E-state index contributed by atoms with van der Waals surface area (Å²) in [5.41, 5.74) is 5.27. The van der Waals surface area contributed by atoms with Crippen molar-refractivity contribution in [2.45, 2.75) is 6.92 Å². The number of pyridine rings is 1. The molecule has 0 aromatic carbocycles. The zero-order valence-electron chi connectivity index (χ0n) is 9.62. The average molecular weight is 235 g/mol. The fraction of sp³-hybridized carbons (Fsp3) is 0.400. The molecule has 7 heteroatoms. The fourth-order valence-corrected chi connectivity index (χ4v) is 1.37. The van der Waals surface area contributed by atoms with Gasteiger partial charge in [0.1, 0.15) is 5.82 Å². The predicted octanol–water partition coefficient (Wildman–Crippen LogP) is 1.17. The maximum atomic E-state index is 10.6. The molecule has 1 aromatic heterocycles. The van der Waals surface area contributed by atoms with Crippen molar-refractivity contribution in [3.8, 4) is 6.07 Å². The van der Waals surface area contributed by atoms with Crippen LogP contribution in [0.15, 0.2) is 12.1 Å². The number of nitrogens with zero attached hydrogens (tertiary/aromatic N) is 4. The molecule has 7 nitrogen and oxygen atoms in total. The highest BCUT2D eigenvalue weighted by Crippen LogP contribution is 2.22. The first-order chi connectivity index (χ1) is 7.95. The number of hydrogen-bond donors (Lipinski definition) is 1. The molecule has 0 bridgehead atoms. The van der Waals surface area contributed by atoms with Gasteiger partial charge in [-0.25, -0.2) is 4.98 Å². The third kappa shape index (κ3) is 3.04. The van der Waals surface area contributed by atoms with E-state index in [0.717, 1.165) is 0 Å². The van der Waals surface area contributed by atoms with Crippen LogP contribution in [-0.2, 0) is 0 Å². The van der Waals surface area contributed by atoms with Crippen molar-refractivity contribution in [2.75, 3.05) is 24.2 Å². The van der Waals surface area contributed by atoms with Gasteiger partial charge in [0.2, 0.25) is 5.82 Å². The number of hydrogen-bond acceptors (Lipinski definition) is 6. The monoisotopic (exact) mass is 235 g/mol. The molecule has 0 saturated carbocycles. The fourth-order valence-electron chi connectivity index (χ4n) is 1.37. The molecule has 1 rings (SSSR count). The molecule has 0 spiro atoms. The molecule has 0 aliphatic carbocycles. The largest absolute Gasteiger partial charge is 0.378 e. The first kappa shape index (κ1) is 12.7. The summed E-state index contributed by atoms with van der Waals surface area (Å²) in [4.78, 5) is 15.6. The lowest BCUT2D eigenvalue weighted by molar-refractivity contribution is -0.384. The van der Waals surface area contributed by atoms with Gasteiger partial charge in [-0.1, -0.05) is 0 Å². The maximum Gasteiger partial charge on any atom is 0.311 e. The summed E-state index contributed by atoms with van der Waals surface area (Å²) in [5, 5.41) is 19.2. The number of anilines is 2. The van der Waals surface area contributed by atoms with Gasteiger partial charge >= 0.3 is 5.69 Å². The van der Waals surface area contributed by atoms with E-state index in [0.29, 0.717) is 12.4 Å². The number of nitro groups is 1. The van der Waals surface area contributed by atoms with Crippen molar-refractivity contribution in [3.05, 3.63) is 22.2 Å². The van der Waals surface area contributed by atoms with Crippen LogP contribution in [0.5, 0.6) is 0 Å². The van der Waals surface area contributed by atoms with Gasteiger partial charge < -0.3 is 10.6 Å². The van der Waals surface area contributed by atoms with Crippen LogP contribution < -0.4 is 10.6 Å². The molecule has 1 aromatic rings. The Balaban J connectivity index is 2.90. The highest BCUT2D eigenvalue weighted by atomic mass is 16.6. The highest BCUT2D eigenvalue weighted by molar-refractivity contribution is 5.57. The SMILES string of the molecule is CC(C#N)CN(C)c1ccc([N+](=O)[O-])c(N)n1. The van der Waals surface area contributed by atoms with Crippen LogP contribution in [-0.4, -0.2) is 23.5 Å². The smallest absolute Gasteiger partial charge is 0.311 e. The Hall–Kier alpha value is -2.36. The number of nitriles is 1. The van der Waals surface area contributed by atoms with E-state index in [9.17, 15) is 10.1 Å². The molecular weight excluding hydrogens is 222 g/mol. The Morgan fingerprint density at radius 1 is 1.71 bits per heavy atom. The molecule has 2 N–H and O–H groups in total. The van der Waals surface area contributed by atoms with Crippen LogP contribution in [0.4, 0.5) is 17.3 Å². The van der Waals surface area contributed by atoms with Gasteiger partial charge in [0.05, 0.1) is 16.9 Å². The summed E-state index contributed by atoms with van der Waals surface area (Å²) < 4.78 is 0. The quantitative estimate of drug-likeness (QED) is 0.619. The van der Waals surface area contributed by atoms with Crippen LogP contribution in [0.3, 0.4) is 0 Å². The Morgan fingerprint density at radius 3 is 2.82 bits per heavy atom. The predicted molar refractivity (Wildman–Crippen MR) is 63.4 cm³/mol. The highest BCUT2D eigenvalue weighted by Gasteiger charge is 2.15. The zero-order chi connectivity index (χ0) is 13.0. The van der Waals surface area contributed by atoms with E-state index in [2.05, 4.69) is 11.1 Å². The van der Waals surface area contributed by atoms with Gasteiger partial charge in [-0.05, 0) is 13.0 Å². The second-order valence-corrected chi connectivity index (χ2v) is 3.74. The minimum atomic E-state index is -0.579. The molecule has 1 unspecified atom stereocenters. The Labute approximate surface area is 98.6 Å². The first-order valence-corrected chi connectivity index (χ1v) is 4.97. The molecule has 0 amide bonds. The molecule has 0 aliphatic heterocycles. The van der Waals surface area contributed by atoms with Crippen LogP contribution in [0, 0.1) is 27.4 Å². The molecule has 0 saturated heterocycles. The second-order valence-electron chi connectivity index (χ2n) is 3.74. The summed E-state index contributed by atoms with van der Waals surface area (Å²) in [6, 6.07) is 4.92. The molecule has 0 radical (unpaired) electrons. The van der Waals surface area contributed by atoms with Gasteiger partial charge in [0, 0.05) is 19.7 Å². The number of nitrogen functional groups attached to an aromatic ring is 1. The van der Waals surface area contributed by atoms with E-state index in [1.54, 1.807) is 18.9 Å². The number of rotatable bonds is 4. The van der Waals surface area contributed by atoms with Crippen molar-refractivity contribution < 1.29 is 4.92 Å². The molecule has 90 valence electrons. The van der Waals surface area contributed by atoms with Crippen molar-refractivity contribution in [3.63, 3.8) is 0 Å². The van der Waals surface area contributed by atoms with Crippen LogP contribution in [0.2, 0.25) is 0 Å². The van der Waals surface area contributed by atoms with Gasteiger partial charge in [-0.15, -0.1) is 0 Å². The lowest BCUT2D eigenvalue weighted by Gasteiger charge is -2.19. The minimum Gasteiger partial charge on any atom is -0.378 e. The van der Waals surface area contributed by atoms with E-state index in [1.165, 1.54) is 12.1 Å². The Morgan fingerprint density at radius 2 is 2.35 bits per heavy atom. The summed E-state index contributed by atoms with van der Waals surface area (Å²) in [6.07, 6.45) is 0. The van der Waals surface area contributed by atoms with E-state index >= 15 is 0 Å².